The predicted molar refractivity (Wildman–Crippen MR) is 54.4 cm³/mol. The first-order chi connectivity index (χ1) is 6.22. The summed E-state index contributed by atoms with van der Waals surface area (Å²) in [5, 5.41) is 0.456. The Labute approximate surface area is 87.1 Å². The highest BCUT2D eigenvalue weighted by molar-refractivity contribution is 6.29. The Morgan fingerprint density at radius 3 is 2.92 bits per heavy atom. The fourth-order valence-corrected chi connectivity index (χ4v) is 0.851. The van der Waals surface area contributed by atoms with Crippen molar-refractivity contribution in [3.8, 4) is 5.75 Å². The number of aromatic nitrogens is 1. The number of halogens is 2. The molecule has 0 aliphatic rings. The van der Waals surface area contributed by atoms with Crippen LogP contribution in [0.25, 0.3) is 0 Å². The Kier molecular flexibility index (Phi) is 4.06. The normalized spacial score (nSPS) is 11.5. The second-order valence-electron chi connectivity index (χ2n) is 2.56. The van der Waals surface area contributed by atoms with E-state index in [-0.39, 0.29) is 0 Å². The molecule has 1 aromatic rings. The number of rotatable bonds is 3. The van der Waals surface area contributed by atoms with Crippen molar-refractivity contribution in [2.24, 2.45) is 0 Å². The summed E-state index contributed by atoms with van der Waals surface area (Å²) in [5.41, 5.74) is 2.44. The van der Waals surface area contributed by atoms with Crippen molar-refractivity contribution in [1.82, 2.24) is 4.98 Å². The fraction of sp³-hybridized carbons (Fsp3) is 0.222. The first-order valence-electron chi connectivity index (χ1n) is 3.72. The molecule has 2 nitrogen and oxygen atoms in total. The molecule has 13 heavy (non-hydrogen) atoms. The van der Waals surface area contributed by atoms with E-state index in [4.69, 9.17) is 27.9 Å². The molecule has 0 radical (unpaired) electrons. The summed E-state index contributed by atoms with van der Waals surface area (Å²) in [6, 6.07) is 3.44. The van der Waals surface area contributed by atoms with Gasteiger partial charge in [0.25, 0.3) is 0 Å². The van der Waals surface area contributed by atoms with Crippen molar-refractivity contribution >= 4 is 23.2 Å². The largest absolute Gasteiger partial charge is 0.488 e. The molecule has 0 bridgehead atoms. The quantitative estimate of drug-likeness (QED) is 0.726. The van der Waals surface area contributed by atoms with Gasteiger partial charge in [0.15, 0.2) is 0 Å². The lowest BCUT2D eigenvalue weighted by Gasteiger charge is -2.04. The Morgan fingerprint density at radius 1 is 1.62 bits per heavy atom. The lowest BCUT2D eigenvalue weighted by molar-refractivity contribution is 0.351. The molecule has 1 aromatic heterocycles. The van der Waals surface area contributed by atoms with E-state index in [1.807, 2.05) is 6.92 Å². The van der Waals surface area contributed by atoms with E-state index in [0.717, 1.165) is 5.57 Å². The van der Waals surface area contributed by atoms with Crippen LogP contribution in [0.5, 0.6) is 5.75 Å². The summed E-state index contributed by atoms with van der Waals surface area (Å²) in [4.78, 5) is 3.87. The Bertz CT molecular complexity index is 295. The van der Waals surface area contributed by atoms with Gasteiger partial charge in [-0.05, 0) is 24.6 Å². The highest BCUT2D eigenvalue weighted by Gasteiger charge is 1.94. The summed E-state index contributed by atoms with van der Waals surface area (Å²) < 4.78 is 5.34. The standard InChI is InChI=1S/C9H9Cl2NO/c1-7(4-10)6-13-8-2-3-9(11)12-5-8/h2-5H,6H2,1H3/b7-4-. The van der Waals surface area contributed by atoms with Gasteiger partial charge in [-0.1, -0.05) is 23.2 Å². The van der Waals surface area contributed by atoms with Crippen LogP contribution in [-0.4, -0.2) is 11.6 Å². The van der Waals surface area contributed by atoms with Crippen molar-refractivity contribution in [3.63, 3.8) is 0 Å². The molecule has 0 amide bonds. The summed E-state index contributed by atoms with van der Waals surface area (Å²) in [5.74, 6) is 0.683. The van der Waals surface area contributed by atoms with Crippen molar-refractivity contribution in [3.05, 3.63) is 34.6 Å². The van der Waals surface area contributed by atoms with Crippen LogP contribution in [-0.2, 0) is 0 Å². The van der Waals surface area contributed by atoms with Crippen molar-refractivity contribution in [1.29, 1.82) is 0 Å². The molecule has 0 atom stereocenters. The van der Waals surface area contributed by atoms with E-state index < -0.39 is 0 Å². The molecule has 4 heteroatoms. The zero-order chi connectivity index (χ0) is 9.68. The van der Waals surface area contributed by atoms with E-state index in [2.05, 4.69) is 4.98 Å². The van der Waals surface area contributed by atoms with Gasteiger partial charge in [0.05, 0.1) is 6.20 Å². The molecule has 1 heterocycles. The molecule has 0 fully saturated rings. The third kappa shape index (κ3) is 3.66. The number of ether oxygens (including phenoxy) is 1. The summed E-state index contributed by atoms with van der Waals surface area (Å²) in [6.45, 7) is 2.35. The molecule has 0 unspecified atom stereocenters. The number of hydrogen-bond donors (Lipinski definition) is 0. The van der Waals surface area contributed by atoms with Crippen LogP contribution < -0.4 is 4.74 Å². The van der Waals surface area contributed by atoms with Gasteiger partial charge >= 0.3 is 0 Å². The van der Waals surface area contributed by atoms with Crippen molar-refractivity contribution in [2.75, 3.05) is 6.61 Å². The molecule has 0 aliphatic carbocycles. The Hall–Kier alpha value is -0.730. The zero-order valence-corrected chi connectivity index (χ0v) is 8.64. The molecule has 0 aliphatic heterocycles. The molecule has 0 spiro atoms. The topological polar surface area (TPSA) is 22.1 Å². The van der Waals surface area contributed by atoms with Gasteiger partial charge in [-0.25, -0.2) is 4.98 Å². The fourth-order valence-electron chi connectivity index (χ4n) is 0.676. The molecule has 0 saturated carbocycles. The predicted octanol–water partition coefficient (Wildman–Crippen LogP) is 3.26. The zero-order valence-electron chi connectivity index (χ0n) is 7.13. The molecule has 0 saturated heterocycles. The van der Waals surface area contributed by atoms with Gasteiger partial charge in [0.2, 0.25) is 0 Å². The molecule has 70 valence electrons. The second-order valence-corrected chi connectivity index (χ2v) is 3.17. The monoisotopic (exact) mass is 217 g/mol. The van der Waals surface area contributed by atoms with Gasteiger partial charge in [0.1, 0.15) is 17.5 Å². The highest BCUT2D eigenvalue weighted by Crippen LogP contribution is 2.12. The van der Waals surface area contributed by atoms with Crippen LogP contribution in [0.2, 0.25) is 5.15 Å². The van der Waals surface area contributed by atoms with Crippen LogP contribution >= 0.6 is 23.2 Å². The first kappa shape index (κ1) is 10.4. The van der Waals surface area contributed by atoms with Gasteiger partial charge in [-0.15, -0.1) is 0 Å². The maximum absolute atomic E-state index is 5.60. The second kappa shape index (κ2) is 5.10. The average Bonchev–Trinajstić information content (AvgIpc) is 2.16. The van der Waals surface area contributed by atoms with E-state index in [0.29, 0.717) is 17.5 Å². The van der Waals surface area contributed by atoms with Gasteiger partial charge in [-0.2, -0.15) is 0 Å². The highest BCUT2D eigenvalue weighted by atomic mass is 35.5. The minimum Gasteiger partial charge on any atom is -0.488 e. The van der Waals surface area contributed by atoms with E-state index >= 15 is 0 Å². The summed E-state index contributed by atoms with van der Waals surface area (Å²) in [7, 11) is 0. The summed E-state index contributed by atoms with van der Waals surface area (Å²) >= 11 is 11.1. The smallest absolute Gasteiger partial charge is 0.138 e. The molecule has 1 rings (SSSR count). The molecule has 0 N–H and O–H groups in total. The maximum Gasteiger partial charge on any atom is 0.138 e. The van der Waals surface area contributed by atoms with Crippen LogP contribution in [0.3, 0.4) is 0 Å². The van der Waals surface area contributed by atoms with Crippen LogP contribution in [0.15, 0.2) is 29.4 Å². The minimum atomic E-state index is 0.456. The van der Waals surface area contributed by atoms with Gasteiger partial charge in [-0.3, -0.25) is 0 Å². The molecule has 0 aromatic carbocycles. The Balaban J connectivity index is 2.51. The SMILES string of the molecule is C/C(=C/Cl)COc1ccc(Cl)nc1. The van der Waals surface area contributed by atoms with Crippen LogP contribution in [0.1, 0.15) is 6.92 Å². The van der Waals surface area contributed by atoms with Crippen molar-refractivity contribution in [2.45, 2.75) is 6.92 Å². The molecular formula is C9H9Cl2NO. The van der Waals surface area contributed by atoms with E-state index in [9.17, 15) is 0 Å². The van der Waals surface area contributed by atoms with Crippen LogP contribution in [0, 0.1) is 0 Å². The number of pyridine rings is 1. The minimum absolute atomic E-state index is 0.456. The van der Waals surface area contributed by atoms with E-state index in [1.54, 1.807) is 18.3 Å². The lowest BCUT2D eigenvalue weighted by Crippen LogP contribution is -1.98. The lowest BCUT2D eigenvalue weighted by atomic mass is 10.4. The first-order valence-corrected chi connectivity index (χ1v) is 4.54. The number of hydrogen-bond acceptors (Lipinski definition) is 2. The Morgan fingerprint density at radius 2 is 2.38 bits per heavy atom. The van der Waals surface area contributed by atoms with E-state index in [1.165, 1.54) is 5.54 Å². The van der Waals surface area contributed by atoms with Gasteiger partial charge < -0.3 is 4.74 Å². The van der Waals surface area contributed by atoms with Crippen LogP contribution in [0.4, 0.5) is 0 Å². The third-order valence-corrected chi connectivity index (χ3v) is 1.95. The van der Waals surface area contributed by atoms with Crippen molar-refractivity contribution < 1.29 is 4.74 Å². The maximum atomic E-state index is 5.60. The average molecular weight is 218 g/mol. The third-order valence-electron chi connectivity index (χ3n) is 1.35. The summed E-state index contributed by atoms with van der Waals surface area (Å²) in [6.07, 6.45) is 1.57. The van der Waals surface area contributed by atoms with Gasteiger partial charge in [0, 0.05) is 5.54 Å². The number of nitrogens with zero attached hydrogens (tertiary/aromatic N) is 1. The molecular weight excluding hydrogens is 209 g/mol.